The van der Waals surface area contributed by atoms with Crippen LogP contribution >= 0.6 is 11.8 Å². The lowest BCUT2D eigenvalue weighted by molar-refractivity contribution is 0.306. The highest BCUT2D eigenvalue weighted by atomic mass is 32.2. The van der Waals surface area contributed by atoms with E-state index in [-0.39, 0.29) is 0 Å². The maximum atomic E-state index is 5.80. The van der Waals surface area contributed by atoms with Crippen LogP contribution in [-0.2, 0) is 6.61 Å². The van der Waals surface area contributed by atoms with Crippen molar-refractivity contribution in [3.05, 3.63) is 65.7 Å². The third-order valence-electron chi connectivity index (χ3n) is 3.39. The predicted octanol–water partition coefficient (Wildman–Crippen LogP) is 3.99. The Bertz CT molecular complexity index is 541. The van der Waals surface area contributed by atoms with Crippen molar-refractivity contribution < 1.29 is 4.74 Å². The van der Waals surface area contributed by atoms with E-state index in [1.165, 1.54) is 11.1 Å². The van der Waals surface area contributed by atoms with E-state index in [0.717, 1.165) is 12.3 Å². The fourth-order valence-corrected chi connectivity index (χ4v) is 3.44. The van der Waals surface area contributed by atoms with Crippen molar-refractivity contribution in [2.24, 2.45) is 0 Å². The van der Waals surface area contributed by atoms with Gasteiger partial charge in [-0.3, -0.25) is 0 Å². The number of thioether (sulfide) groups is 1. The molecule has 2 nitrogen and oxygen atoms in total. The summed E-state index contributed by atoms with van der Waals surface area (Å²) < 4.78 is 5.80. The monoisotopic (exact) mass is 285 g/mol. The SMILES string of the molecule is CC1CNC(c2ccc(OCc3ccccc3)cc2)S1. The summed E-state index contributed by atoms with van der Waals surface area (Å²) in [5, 5.41) is 4.64. The second kappa shape index (κ2) is 6.33. The zero-order valence-electron chi connectivity index (χ0n) is 11.6. The highest BCUT2D eigenvalue weighted by Crippen LogP contribution is 2.35. The average Bonchev–Trinajstić information content (AvgIpc) is 2.93. The minimum absolute atomic E-state index is 0.424. The molecule has 2 aromatic rings. The summed E-state index contributed by atoms with van der Waals surface area (Å²) >= 11 is 1.98. The van der Waals surface area contributed by atoms with E-state index in [4.69, 9.17) is 4.74 Å². The summed E-state index contributed by atoms with van der Waals surface area (Å²) in [6.45, 7) is 3.96. The molecular weight excluding hydrogens is 266 g/mol. The highest BCUT2D eigenvalue weighted by Gasteiger charge is 2.22. The molecule has 2 atom stereocenters. The molecule has 104 valence electrons. The largest absolute Gasteiger partial charge is 0.489 e. The van der Waals surface area contributed by atoms with Gasteiger partial charge >= 0.3 is 0 Å². The molecule has 0 bridgehead atoms. The summed E-state index contributed by atoms with van der Waals surface area (Å²) in [6.07, 6.45) is 0. The summed E-state index contributed by atoms with van der Waals surface area (Å²) in [7, 11) is 0. The van der Waals surface area contributed by atoms with Gasteiger partial charge in [0.05, 0.1) is 5.37 Å². The maximum Gasteiger partial charge on any atom is 0.119 e. The average molecular weight is 285 g/mol. The molecule has 2 unspecified atom stereocenters. The summed E-state index contributed by atoms with van der Waals surface area (Å²) in [4.78, 5) is 0. The predicted molar refractivity (Wildman–Crippen MR) is 85.0 cm³/mol. The van der Waals surface area contributed by atoms with Gasteiger partial charge in [0.15, 0.2) is 0 Å². The molecule has 20 heavy (non-hydrogen) atoms. The number of hydrogen-bond donors (Lipinski definition) is 1. The van der Waals surface area contributed by atoms with Gasteiger partial charge in [-0.25, -0.2) is 0 Å². The Balaban J connectivity index is 1.59. The molecule has 1 aliphatic rings. The lowest BCUT2D eigenvalue weighted by Crippen LogP contribution is -2.13. The molecule has 0 spiro atoms. The Morgan fingerprint density at radius 1 is 1.10 bits per heavy atom. The van der Waals surface area contributed by atoms with Crippen LogP contribution in [0.2, 0.25) is 0 Å². The molecule has 3 heteroatoms. The number of rotatable bonds is 4. The second-order valence-corrected chi connectivity index (χ2v) is 6.63. The van der Waals surface area contributed by atoms with E-state index in [9.17, 15) is 0 Å². The van der Waals surface area contributed by atoms with Crippen molar-refractivity contribution in [2.45, 2.75) is 24.2 Å². The van der Waals surface area contributed by atoms with Crippen LogP contribution in [0.15, 0.2) is 54.6 Å². The zero-order chi connectivity index (χ0) is 13.8. The normalized spacial score (nSPS) is 21.9. The molecule has 0 amide bonds. The maximum absolute atomic E-state index is 5.80. The van der Waals surface area contributed by atoms with Crippen molar-refractivity contribution in [1.29, 1.82) is 0 Å². The van der Waals surface area contributed by atoms with Crippen LogP contribution in [0.3, 0.4) is 0 Å². The van der Waals surface area contributed by atoms with Gasteiger partial charge in [0.1, 0.15) is 12.4 Å². The van der Waals surface area contributed by atoms with Crippen molar-refractivity contribution in [1.82, 2.24) is 5.32 Å². The van der Waals surface area contributed by atoms with Crippen LogP contribution in [0.5, 0.6) is 5.75 Å². The Kier molecular flexibility index (Phi) is 4.28. The quantitative estimate of drug-likeness (QED) is 0.918. The molecule has 1 fully saturated rings. The minimum Gasteiger partial charge on any atom is -0.489 e. The molecule has 1 N–H and O–H groups in total. The fourth-order valence-electron chi connectivity index (χ4n) is 2.28. The van der Waals surface area contributed by atoms with Gasteiger partial charge in [0.2, 0.25) is 0 Å². The summed E-state index contributed by atoms with van der Waals surface area (Å²) in [6, 6.07) is 18.7. The molecule has 1 saturated heterocycles. The molecule has 2 aromatic carbocycles. The van der Waals surface area contributed by atoms with Gasteiger partial charge in [0.25, 0.3) is 0 Å². The Morgan fingerprint density at radius 3 is 2.50 bits per heavy atom. The molecule has 0 aliphatic carbocycles. The lowest BCUT2D eigenvalue weighted by atomic mass is 10.2. The van der Waals surface area contributed by atoms with E-state index < -0.39 is 0 Å². The first-order chi connectivity index (χ1) is 9.81. The number of nitrogens with one attached hydrogen (secondary N) is 1. The van der Waals surface area contributed by atoms with Crippen LogP contribution in [0.1, 0.15) is 23.4 Å². The van der Waals surface area contributed by atoms with Gasteiger partial charge in [-0.05, 0) is 23.3 Å². The molecule has 0 radical (unpaired) electrons. The molecule has 0 aromatic heterocycles. The first-order valence-corrected chi connectivity index (χ1v) is 7.91. The minimum atomic E-state index is 0.424. The van der Waals surface area contributed by atoms with Gasteiger partial charge < -0.3 is 10.1 Å². The van der Waals surface area contributed by atoms with Crippen molar-refractivity contribution in [3.63, 3.8) is 0 Å². The van der Waals surface area contributed by atoms with Gasteiger partial charge in [-0.1, -0.05) is 49.4 Å². The number of benzene rings is 2. The standard InChI is InChI=1S/C17H19NOS/c1-13-11-18-17(20-13)15-7-9-16(10-8-15)19-12-14-5-3-2-4-6-14/h2-10,13,17-18H,11-12H2,1H3. The lowest BCUT2D eigenvalue weighted by Gasteiger charge is -2.11. The van der Waals surface area contributed by atoms with E-state index in [0.29, 0.717) is 17.2 Å². The zero-order valence-corrected chi connectivity index (χ0v) is 12.4. The Labute approximate surface area is 124 Å². The summed E-state index contributed by atoms with van der Waals surface area (Å²) in [5.41, 5.74) is 2.52. The van der Waals surface area contributed by atoms with Crippen LogP contribution in [-0.4, -0.2) is 11.8 Å². The topological polar surface area (TPSA) is 21.3 Å². The van der Waals surface area contributed by atoms with Gasteiger partial charge in [-0.15, -0.1) is 11.8 Å². The van der Waals surface area contributed by atoms with E-state index in [1.54, 1.807) is 0 Å². The van der Waals surface area contributed by atoms with Crippen molar-refractivity contribution in [2.75, 3.05) is 6.54 Å². The number of hydrogen-bond acceptors (Lipinski definition) is 3. The first kappa shape index (κ1) is 13.5. The molecule has 0 saturated carbocycles. The molecular formula is C17H19NOS. The molecule has 1 heterocycles. The third-order valence-corrected chi connectivity index (χ3v) is 4.73. The van der Waals surface area contributed by atoms with E-state index in [2.05, 4.69) is 48.6 Å². The molecule has 3 rings (SSSR count). The summed E-state index contributed by atoms with van der Waals surface area (Å²) in [5.74, 6) is 0.925. The number of ether oxygens (including phenoxy) is 1. The van der Waals surface area contributed by atoms with Crippen molar-refractivity contribution >= 4 is 11.8 Å². The van der Waals surface area contributed by atoms with E-state index in [1.807, 2.05) is 30.0 Å². The Hall–Kier alpha value is -1.45. The van der Waals surface area contributed by atoms with Gasteiger partial charge in [0, 0.05) is 11.8 Å². The smallest absolute Gasteiger partial charge is 0.119 e. The highest BCUT2D eigenvalue weighted by molar-refractivity contribution is 8.00. The van der Waals surface area contributed by atoms with Crippen LogP contribution in [0.25, 0.3) is 0 Å². The molecule has 1 aliphatic heterocycles. The van der Waals surface area contributed by atoms with Crippen LogP contribution in [0, 0.1) is 0 Å². The van der Waals surface area contributed by atoms with Crippen LogP contribution < -0.4 is 10.1 Å². The van der Waals surface area contributed by atoms with Crippen molar-refractivity contribution in [3.8, 4) is 5.75 Å². The fraction of sp³-hybridized carbons (Fsp3) is 0.294. The first-order valence-electron chi connectivity index (χ1n) is 6.97. The third kappa shape index (κ3) is 3.35. The second-order valence-electron chi connectivity index (χ2n) is 5.08. The van der Waals surface area contributed by atoms with E-state index >= 15 is 0 Å². The van der Waals surface area contributed by atoms with Gasteiger partial charge in [-0.2, -0.15) is 0 Å². The Morgan fingerprint density at radius 2 is 1.85 bits per heavy atom. The van der Waals surface area contributed by atoms with Crippen LogP contribution in [0.4, 0.5) is 0 Å².